The number of hydrogen-bond donors (Lipinski definition) is 1. The molecule has 1 aromatic heterocycles. The number of piperidine rings is 1. The van der Waals surface area contributed by atoms with Crippen LogP contribution in [0.5, 0.6) is 0 Å². The highest BCUT2D eigenvalue weighted by atomic mass is 19.4. The number of rotatable bonds is 3. The van der Waals surface area contributed by atoms with Crippen molar-refractivity contribution in [1.82, 2.24) is 9.96 Å². The third-order valence-corrected chi connectivity index (χ3v) is 5.69. The number of fused-ring (bicyclic) bond motifs is 1. The van der Waals surface area contributed by atoms with E-state index in [2.05, 4.69) is 4.90 Å². The molecule has 8 nitrogen and oxygen atoms in total. The summed E-state index contributed by atoms with van der Waals surface area (Å²) < 4.78 is 43.4. The van der Waals surface area contributed by atoms with Crippen molar-refractivity contribution >= 4 is 11.9 Å². The van der Waals surface area contributed by atoms with E-state index in [0.29, 0.717) is 13.2 Å². The zero-order chi connectivity index (χ0) is 22.6. The smallest absolute Gasteiger partial charge is 0.475 e. The molecule has 1 N–H and O–H groups in total. The Labute approximate surface area is 177 Å². The minimum atomic E-state index is -5.08. The number of furan rings is 1. The Kier molecular flexibility index (Phi) is 7.60. The average Bonchev–Trinajstić information content (AvgIpc) is 3.39. The van der Waals surface area contributed by atoms with Crippen LogP contribution in [0.25, 0.3) is 0 Å². The summed E-state index contributed by atoms with van der Waals surface area (Å²) >= 11 is 0. The van der Waals surface area contributed by atoms with Gasteiger partial charge in [0.25, 0.3) is 0 Å². The van der Waals surface area contributed by atoms with Gasteiger partial charge in [-0.15, -0.1) is 0 Å². The number of likely N-dealkylation sites (tertiary alicyclic amines) is 1. The van der Waals surface area contributed by atoms with Gasteiger partial charge in [-0.3, -0.25) is 14.5 Å². The highest BCUT2D eigenvalue weighted by Gasteiger charge is 2.43. The monoisotopic (exact) mass is 448 g/mol. The molecule has 4 heterocycles. The number of ether oxygens (including phenoxy) is 1. The molecule has 1 amide bonds. The SMILES string of the molecule is Cc1ccc(CN2CC[C@H]3OCC[C@@H](C(=O)N4CCCO4)[C@H]3C2)o1.O=C(O)C(F)(F)F. The van der Waals surface area contributed by atoms with Crippen LogP contribution in [0.4, 0.5) is 13.2 Å². The second-order valence-corrected chi connectivity index (χ2v) is 7.93. The molecule has 3 aliphatic heterocycles. The number of hydroxylamine groups is 2. The summed E-state index contributed by atoms with van der Waals surface area (Å²) in [6, 6.07) is 4.04. The normalized spacial score (nSPS) is 26.7. The van der Waals surface area contributed by atoms with Gasteiger partial charge in [0.2, 0.25) is 5.91 Å². The maximum Gasteiger partial charge on any atom is 0.490 e. The number of carbonyl (C=O) groups excluding carboxylic acids is 1. The van der Waals surface area contributed by atoms with Crippen LogP contribution < -0.4 is 0 Å². The first-order valence-electron chi connectivity index (χ1n) is 10.3. The third kappa shape index (κ3) is 6.20. The van der Waals surface area contributed by atoms with Crippen LogP contribution >= 0.6 is 0 Å². The van der Waals surface area contributed by atoms with E-state index in [1.54, 1.807) is 5.06 Å². The highest BCUT2D eigenvalue weighted by molar-refractivity contribution is 5.78. The predicted molar refractivity (Wildman–Crippen MR) is 101 cm³/mol. The number of alkyl halides is 3. The Morgan fingerprint density at radius 2 is 1.94 bits per heavy atom. The summed E-state index contributed by atoms with van der Waals surface area (Å²) in [6.07, 6.45) is -2.17. The zero-order valence-electron chi connectivity index (χ0n) is 17.3. The number of nitrogens with zero attached hydrogens (tertiary/aromatic N) is 2. The van der Waals surface area contributed by atoms with Crippen LogP contribution in [0.15, 0.2) is 16.5 Å². The number of halogens is 3. The molecule has 0 unspecified atom stereocenters. The van der Waals surface area contributed by atoms with Gasteiger partial charge in [-0.25, -0.2) is 9.86 Å². The lowest BCUT2D eigenvalue weighted by molar-refractivity contribution is -0.192. The van der Waals surface area contributed by atoms with E-state index in [1.807, 2.05) is 19.1 Å². The Hall–Kier alpha value is -2.11. The molecule has 11 heteroatoms. The van der Waals surface area contributed by atoms with Crippen molar-refractivity contribution < 1.29 is 41.9 Å². The quantitative estimate of drug-likeness (QED) is 0.760. The summed E-state index contributed by atoms with van der Waals surface area (Å²) in [6.45, 7) is 6.71. The molecule has 0 aliphatic carbocycles. The highest BCUT2D eigenvalue weighted by Crippen LogP contribution is 2.35. The summed E-state index contributed by atoms with van der Waals surface area (Å²) in [7, 11) is 0. The molecule has 1 aromatic rings. The Morgan fingerprint density at radius 1 is 1.19 bits per heavy atom. The van der Waals surface area contributed by atoms with Crippen LogP contribution in [0, 0.1) is 18.8 Å². The molecule has 3 aliphatic rings. The fraction of sp³-hybridized carbons (Fsp3) is 0.700. The molecule has 3 atom stereocenters. The van der Waals surface area contributed by atoms with Crippen molar-refractivity contribution in [2.75, 3.05) is 32.8 Å². The molecule has 0 radical (unpaired) electrons. The molecule has 0 saturated carbocycles. The van der Waals surface area contributed by atoms with E-state index in [-0.39, 0.29) is 23.8 Å². The van der Waals surface area contributed by atoms with Crippen LogP contribution in [-0.4, -0.2) is 72.1 Å². The third-order valence-electron chi connectivity index (χ3n) is 5.69. The number of amides is 1. The standard InChI is InChI=1S/C18H26N2O4.C2HF3O2/c1-13-3-4-14(24-13)11-19-8-5-17-16(12-19)15(6-10-22-17)18(21)20-7-2-9-23-20;3-2(4,5)1(6)7/h3-4,15-17H,2,5-12H2,1H3;(H,6,7)/t15-,16-,17-;/m1./s1. The maximum atomic E-state index is 12.8. The number of carboxylic acid groups (broad SMARTS) is 1. The molecule has 3 saturated heterocycles. The molecule has 174 valence electrons. The van der Waals surface area contributed by atoms with Crippen molar-refractivity contribution in [3.05, 3.63) is 23.7 Å². The molecule has 0 aromatic carbocycles. The largest absolute Gasteiger partial charge is 0.490 e. The molecular weight excluding hydrogens is 421 g/mol. The van der Waals surface area contributed by atoms with E-state index < -0.39 is 12.1 Å². The fourth-order valence-electron chi connectivity index (χ4n) is 4.23. The number of aryl methyl sites for hydroxylation is 1. The molecule has 0 spiro atoms. The van der Waals surface area contributed by atoms with E-state index in [4.69, 9.17) is 23.9 Å². The van der Waals surface area contributed by atoms with Gasteiger partial charge in [-0.05, 0) is 38.3 Å². The topological polar surface area (TPSA) is 92.5 Å². The van der Waals surface area contributed by atoms with Gasteiger partial charge in [0.15, 0.2) is 0 Å². The average molecular weight is 448 g/mol. The van der Waals surface area contributed by atoms with E-state index in [0.717, 1.165) is 57.0 Å². The lowest BCUT2D eigenvalue weighted by atomic mass is 9.79. The number of carbonyl (C=O) groups is 2. The van der Waals surface area contributed by atoms with Gasteiger partial charge >= 0.3 is 12.1 Å². The first kappa shape index (κ1) is 23.6. The number of carboxylic acids is 1. The van der Waals surface area contributed by atoms with E-state index in [1.165, 1.54) is 0 Å². The summed E-state index contributed by atoms with van der Waals surface area (Å²) in [5, 5.41) is 8.71. The Morgan fingerprint density at radius 3 is 2.52 bits per heavy atom. The van der Waals surface area contributed by atoms with Crippen LogP contribution in [0.3, 0.4) is 0 Å². The Bertz CT molecular complexity index is 762. The summed E-state index contributed by atoms with van der Waals surface area (Å²) in [5.41, 5.74) is 0. The van der Waals surface area contributed by atoms with Crippen LogP contribution in [0.2, 0.25) is 0 Å². The number of hydrogen-bond acceptors (Lipinski definition) is 6. The van der Waals surface area contributed by atoms with Crippen LogP contribution in [0.1, 0.15) is 30.8 Å². The lowest BCUT2D eigenvalue weighted by Crippen LogP contribution is -2.53. The summed E-state index contributed by atoms with van der Waals surface area (Å²) in [5.74, 6) is -0.397. The first-order valence-corrected chi connectivity index (χ1v) is 10.3. The van der Waals surface area contributed by atoms with Crippen molar-refractivity contribution in [2.45, 2.75) is 45.0 Å². The Balaban J connectivity index is 0.000000339. The second-order valence-electron chi connectivity index (χ2n) is 7.93. The minimum Gasteiger partial charge on any atom is -0.475 e. The van der Waals surface area contributed by atoms with Crippen molar-refractivity contribution in [3.63, 3.8) is 0 Å². The van der Waals surface area contributed by atoms with Crippen molar-refractivity contribution in [1.29, 1.82) is 0 Å². The van der Waals surface area contributed by atoms with Crippen molar-refractivity contribution in [3.8, 4) is 0 Å². The van der Waals surface area contributed by atoms with Crippen LogP contribution in [-0.2, 0) is 25.7 Å². The minimum absolute atomic E-state index is 0.0167. The zero-order valence-corrected chi connectivity index (χ0v) is 17.3. The van der Waals surface area contributed by atoms with Gasteiger partial charge < -0.3 is 14.3 Å². The van der Waals surface area contributed by atoms with E-state index >= 15 is 0 Å². The van der Waals surface area contributed by atoms with Gasteiger partial charge in [-0.2, -0.15) is 13.2 Å². The first-order chi connectivity index (χ1) is 14.6. The van der Waals surface area contributed by atoms with Gasteiger partial charge in [-0.1, -0.05) is 0 Å². The molecule has 4 rings (SSSR count). The predicted octanol–water partition coefficient (Wildman–Crippen LogP) is 2.61. The van der Waals surface area contributed by atoms with Gasteiger partial charge in [0, 0.05) is 31.5 Å². The maximum absolute atomic E-state index is 12.8. The van der Waals surface area contributed by atoms with Gasteiger partial charge in [0.05, 0.1) is 25.8 Å². The molecule has 3 fully saturated rings. The van der Waals surface area contributed by atoms with E-state index in [9.17, 15) is 18.0 Å². The number of aliphatic carboxylic acids is 1. The van der Waals surface area contributed by atoms with Gasteiger partial charge in [0.1, 0.15) is 11.5 Å². The molecule has 31 heavy (non-hydrogen) atoms. The second kappa shape index (κ2) is 10.0. The molecular formula is C20H27F3N2O6. The summed E-state index contributed by atoms with van der Waals surface area (Å²) in [4.78, 5) is 29.6. The molecule has 0 bridgehead atoms. The fourth-order valence-corrected chi connectivity index (χ4v) is 4.23. The lowest BCUT2D eigenvalue weighted by Gasteiger charge is -2.44. The van der Waals surface area contributed by atoms with Crippen molar-refractivity contribution in [2.24, 2.45) is 11.8 Å².